The second-order valence-electron chi connectivity index (χ2n) is 2.68. The van der Waals surface area contributed by atoms with E-state index in [9.17, 15) is 4.79 Å². The molecule has 2 rings (SSSR count). The normalized spacial score (nSPS) is 10.6. The van der Waals surface area contributed by atoms with Crippen LogP contribution in [0.4, 0.5) is 0 Å². The van der Waals surface area contributed by atoms with Gasteiger partial charge in [-0.15, -0.1) is 11.3 Å². The number of hydrogen-bond acceptors (Lipinski definition) is 3. The molecule has 0 saturated heterocycles. The van der Waals surface area contributed by atoms with Crippen LogP contribution in [0.1, 0.15) is 17.3 Å². The maximum Gasteiger partial charge on any atom is 0.162 e. The van der Waals surface area contributed by atoms with Gasteiger partial charge in [0.15, 0.2) is 9.70 Å². The Kier molecular flexibility index (Phi) is 2.17. The van der Waals surface area contributed by atoms with Crippen molar-refractivity contribution in [3.63, 3.8) is 0 Å². The van der Waals surface area contributed by atoms with Crippen molar-refractivity contribution in [1.29, 1.82) is 0 Å². The van der Waals surface area contributed by atoms with Crippen molar-refractivity contribution in [2.24, 2.45) is 0 Å². The number of carbonyl (C=O) groups is 1. The first-order chi connectivity index (χ1) is 6.18. The summed E-state index contributed by atoms with van der Waals surface area (Å²) in [6.07, 6.45) is 0. The number of hydrogen-bond donors (Lipinski definition) is 0. The van der Waals surface area contributed by atoms with E-state index in [1.165, 1.54) is 11.3 Å². The topological polar surface area (TPSA) is 30.0 Å². The highest BCUT2D eigenvalue weighted by atomic mass is 79.9. The maximum atomic E-state index is 11.2. The Bertz CT molecular complexity index is 477. The molecule has 2 aromatic rings. The fraction of sp³-hybridized carbons (Fsp3) is 0.111. The molecular formula is C9H6BrNOS. The molecule has 13 heavy (non-hydrogen) atoms. The van der Waals surface area contributed by atoms with Crippen LogP contribution >= 0.6 is 27.3 Å². The summed E-state index contributed by atoms with van der Waals surface area (Å²) in [5.41, 5.74) is 1.49. The van der Waals surface area contributed by atoms with Gasteiger partial charge in [0.25, 0.3) is 0 Å². The van der Waals surface area contributed by atoms with Gasteiger partial charge in [-0.2, -0.15) is 0 Å². The van der Waals surface area contributed by atoms with Crippen LogP contribution in [0.5, 0.6) is 0 Å². The van der Waals surface area contributed by atoms with E-state index in [4.69, 9.17) is 0 Å². The molecule has 0 aliphatic rings. The van der Waals surface area contributed by atoms with Gasteiger partial charge in [0.2, 0.25) is 0 Å². The van der Waals surface area contributed by atoms with Crippen LogP contribution in [0, 0.1) is 0 Å². The molecule has 66 valence electrons. The molecule has 2 nitrogen and oxygen atoms in total. The van der Waals surface area contributed by atoms with Gasteiger partial charge in [-0.1, -0.05) is 6.07 Å². The number of rotatable bonds is 1. The highest BCUT2D eigenvalue weighted by Crippen LogP contribution is 2.28. The lowest BCUT2D eigenvalue weighted by Gasteiger charge is -1.94. The quantitative estimate of drug-likeness (QED) is 0.733. The van der Waals surface area contributed by atoms with Crippen LogP contribution in [0.15, 0.2) is 22.1 Å². The molecule has 0 spiro atoms. The summed E-state index contributed by atoms with van der Waals surface area (Å²) in [5, 5.41) is 0. The molecule has 0 radical (unpaired) electrons. The number of aromatic nitrogens is 1. The van der Waals surface area contributed by atoms with Crippen molar-refractivity contribution in [3.05, 3.63) is 27.7 Å². The first kappa shape index (κ1) is 8.84. The molecule has 0 aliphatic carbocycles. The number of thiazole rings is 1. The van der Waals surface area contributed by atoms with Crippen LogP contribution in [0.25, 0.3) is 10.2 Å². The van der Waals surface area contributed by atoms with E-state index in [1.807, 2.05) is 12.1 Å². The van der Waals surface area contributed by atoms with Gasteiger partial charge in [0.1, 0.15) is 0 Å². The third-order valence-corrected chi connectivity index (χ3v) is 3.24. The van der Waals surface area contributed by atoms with Gasteiger partial charge in [-0.05, 0) is 35.0 Å². The fourth-order valence-corrected chi connectivity index (χ4v) is 2.62. The number of carbonyl (C=O) groups excluding carboxylic acids is 1. The second-order valence-corrected chi connectivity index (χ2v) is 4.98. The van der Waals surface area contributed by atoms with Gasteiger partial charge >= 0.3 is 0 Å². The Labute approximate surface area is 87.7 Å². The summed E-state index contributed by atoms with van der Waals surface area (Å²) < 4.78 is 1.86. The first-order valence-corrected chi connectivity index (χ1v) is 5.35. The predicted octanol–water partition coefficient (Wildman–Crippen LogP) is 3.26. The van der Waals surface area contributed by atoms with Crippen molar-refractivity contribution < 1.29 is 4.79 Å². The van der Waals surface area contributed by atoms with Crippen LogP contribution in [0.3, 0.4) is 0 Å². The third-order valence-electron chi connectivity index (χ3n) is 1.77. The van der Waals surface area contributed by atoms with Gasteiger partial charge in [-0.25, -0.2) is 4.98 Å². The number of benzene rings is 1. The lowest BCUT2D eigenvalue weighted by Crippen LogP contribution is -1.92. The lowest BCUT2D eigenvalue weighted by molar-refractivity contribution is 0.101. The van der Waals surface area contributed by atoms with Gasteiger partial charge in [0, 0.05) is 5.56 Å². The Morgan fingerprint density at radius 3 is 3.00 bits per heavy atom. The molecule has 0 bridgehead atoms. The molecule has 0 saturated carbocycles. The average molecular weight is 256 g/mol. The number of para-hydroxylation sites is 1. The minimum absolute atomic E-state index is 0.0587. The van der Waals surface area contributed by atoms with Crippen molar-refractivity contribution >= 4 is 43.3 Å². The first-order valence-electron chi connectivity index (χ1n) is 3.74. The Morgan fingerprint density at radius 2 is 2.31 bits per heavy atom. The Hall–Kier alpha value is -0.740. The highest BCUT2D eigenvalue weighted by molar-refractivity contribution is 9.11. The summed E-state index contributed by atoms with van der Waals surface area (Å²) in [6.45, 7) is 1.56. The van der Waals surface area contributed by atoms with Crippen LogP contribution < -0.4 is 0 Å². The predicted molar refractivity (Wildman–Crippen MR) is 57.3 cm³/mol. The minimum Gasteiger partial charge on any atom is -0.294 e. The van der Waals surface area contributed by atoms with E-state index in [2.05, 4.69) is 20.9 Å². The summed E-state index contributed by atoms with van der Waals surface area (Å²) in [4.78, 5) is 15.5. The van der Waals surface area contributed by atoms with Crippen molar-refractivity contribution in [2.75, 3.05) is 0 Å². The zero-order valence-corrected chi connectivity index (χ0v) is 9.28. The van der Waals surface area contributed by atoms with E-state index in [0.717, 1.165) is 14.1 Å². The van der Waals surface area contributed by atoms with Crippen molar-refractivity contribution in [3.8, 4) is 0 Å². The monoisotopic (exact) mass is 255 g/mol. The zero-order valence-electron chi connectivity index (χ0n) is 6.87. The molecule has 0 unspecified atom stereocenters. The lowest BCUT2D eigenvalue weighted by atomic mass is 10.1. The molecule has 0 N–H and O–H groups in total. The van der Waals surface area contributed by atoms with Gasteiger partial charge in [0.05, 0.1) is 10.2 Å². The Morgan fingerprint density at radius 1 is 1.54 bits per heavy atom. The average Bonchev–Trinajstić information content (AvgIpc) is 2.43. The third kappa shape index (κ3) is 1.51. The number of ketones is 1. The summed E-state index contributed by atoms with van der Waals surface area (Å²) in [7, 11) is 0. The highest BCUT2D eigenvalue weighted by Gasteiger charge is 2.08. The summed E-state index contributed by atoms with van der Waals surface area (Å²) in [6, 6.07) is 5.64. The molecule has 0 amide bonds. The largest absolute Gasteiger partial charge is 0.294 e. The van der Waals surface area contributed by atoms with E-state index in [-0.39, 0.29) is 5.78 Å². The van der Waals surface area contributed by atoms with Crippen LogP contribution in [0.2, 0.25) is 0 Å². The fourth-order valence-electron chi connectivity index (χ4n) is 1.21. The molecule has 0 aliphatic heterocycles. The van der Waals surface area contributed by atoms with Crippen LogP contribution in [-0.4, -0.2) is 10.8 Å². The smallest absolute Gasteiger partial charge is 0.162 e. The minimum atomic E-state index is 0.0587. The summed E-state index contributed by atoms with van der Waals surface area (Å²) >= 11 is 4.84. The molecule has 1 aromatic carbocycles. The summed E-state index contributed by atoms with van der Waals surface area (Å²) in [5.74, 6) is 0.0587. The maximum absolute atomic E-state index is 11.2. The van der Waals surface area contributed by atoms with E-state index in [1.54, 1.807) is 13.0 Å². The molecule has 4 heteroatoms. The zero-order chi connectivity index (χ0) is 9.42. The number of Topliss-reactive ketones (excluding diaryl/α,β-unsaturated/α-hetero) is 1. The number of fused-ring (bicyclic) bond motifs is 1. The molecule has 1 heterocycles. The molecule has 0 atom stereocenters. The van der Waals surface area contributed by atoms with E-state index < -0.39 is 0 Å². The van der Waals surface area contributed by atoms with Gasteiger partial charge < -0.3 is 0 Å². The molecule has 1 aromatic heterocycles. The molecular weight excluding hydrogens is 250 g/mol. The van der Waals surface area contributed by atoms with E-state index >= 15 is 0 Å². The SMILES string of the molecule is CC(=O)c1cccc2sc(Br)nc12. The molecule has 0 fully saturated rings. The second kappa shape index (κ2) is 3.20. The van der Waals surface area contributed by atoms with Crippen molar-refractivity contribution in [1.82, 2.24) is 4.98 Å². The Balaban J connectivity index is 2.82. The van der Waals surface area contributed by atoms with Crippen LogP contribution in [-0.2, 0) is 0 Å². The van der Waals surface area contributed by atoms with Gasteiger partial charge in [-0.3, -0.25) is 4.79 Å². The number of nitrogens with zero attached hydrogens (tertiary/aromatic N) is 1. The van der Waals surface area contributed by atoms with E-state index in [0.29, 0.717) is 5.56 Å². The number of halogens is 1. The standard InChI is InChI=1S/C9H6BrNOS/c1-5(12)6-3-2-4-7-8(6)11-9(10)13-7/h2-4H,1H3. The van der Waals surface area contributed by atoms with Crippen molar-refractivity contribution in [2.45, 2.75) is 6.92 Å².